The molecule has 0 aromatic heterocycles. The van der Waals surface area contributed by atoms with E-state index < -0.39 is 0 Å². The van der Waals surface area contributed by atoms with Crippen LogP contribution in [-0.2, 0) is 9.53 Å². The summed E-state index contributed by atoms with van der Waals surface area (Å²) in [6.07, 6.45) is 8.83. The van der Waals surface area contributed by atoms with E-state index in [4.69, 9.17) is 9.84 Å². The molecule has 6 rings (SSSR count). The predicted octanol–water partition coefficient (Wildman–Crippen LogP) is 6.81. The largest absolute Gasteiger partial charge is 0.392 e. The first-order chi connectivity index (χ1) is 20.6. The zero-order valence-corrected chi connectivity index (χ0v) is 31.4. The van der Waals surface area contributed by atoms with Crippen LogP contribution in [0.3, 0.4) is 0 Å². The third-order valence-corrected chi connectivity index (χ3v) is 11.1. The van der Waals surface area contributed by atoms with E-state index >= 15 is 0 Å². The lowest BCUT2D eigenvalue weighted by Gasteiger charge is -2.12. The van der Waals surface area contributed by atoms with Crippen LogP contribution in [0.25, 0.3) is 0 Å². The Balaban J connectivity index is -0.000000155. The van der Waals surface area contributed by atoms with E-state index in [0.29, 0.717) is 36.5 Å². The SMILES string of the molecule is C.C.C.C.C.CC1C=CCN1C.CC1CC(=O)CN1C.CC1CC(O)CN1C.CC1CCCN1C.CC1COCN1C.CC1CSCN1C. The van der Waals surface area contributed by atoms with E-state index in [2.05, 4.69) is 111 Å². The van der Waals surface area contributed by atoms with Crippen molar-refractivity contribution in [1.29, 1.82) is 0 Å². The maximum Gasteiger partial charge on any atom is 0.148 e. The van der Waals surface area contributed by atoms with E-state index in [1.54, 1.807) is 0 Å². The summed E-state index contributed by atoms with van der Waals surface area (Å²) < 4.78 is 5.09. The number of aliphatic hydroxyl groups excluding tert-OH is 1. The number of ketones is 1. The first-order valence-electron chi connectivity index (χ1n) is 16.9. The van der Waals surface area contributed by atoms with Crippen LogP contribution in [0, 0.1) is 0 Å². The van der Waals surface area contributed by atoms with Gasteiger partial charge in [0.25, 0.3) is 0 Å². The summed E-state index contributed by atoms with van der Waals surface area (Å²) in [4.78, 5) is 24.1. The number of rotatable bonds is 0. The number of likely N-dealkylation sites (N-methyl/N-ethyl adjacent to an activating group) is 4. The van der Waals surface area contributed by atoms with E-state index in [0.717, 1.165) is 51.4 Å². The number of thioether (sulfide) groups is 1. The fourth-order valence-corrected chi connectivity index (χ4v) is 6.45. The Morgan fingerprint density at radius 3 is 1.47 bits per heavy atom. The quantitative estimate of drug-likeness (QED) is 0.270. The number of nitrogens with zero attached hydrogens (tertiary/aromatic N) is 6. The van der Waals surface area contributed by atoms with Crippen molar-refractivity contribution in [3.05, 3.63) is 12.2 Å². The Labute approximate surface area is 313 Å². The molecule has 0 spiro atoms. The number of carbonyl (C=O) groups excluding carboxylic acids is 1. The number of carbonyl (C=O) groups is 1. The van der Waals surface area contributed by atoms with Gasteiger partial charge in [0.1, 0.15) is 5.78 Å². The van der Waals surface area contributed by atoms with Crippen molar-refractivity contribution in [2.75, 3.05) is 93.4 Å². The number of β-amino-alcohol motifs (C(OH)–C–C–N with tert-alkyl or cyclic N) is 1. The molecule has 0 aromatic carbocycles. The molecule has 300 valence electrons. The first-order valence-corrected chi connectivity index (χ1v) is 18.0. The molecule has 6 aliphatic heterocycles. The van der Waals surface area contributed by atoms with Gasteiger partial charge in [0.05, 0.1) is 26.0 Å². The first kappa shape index (κ1) is 57.8. The molecule has 7 unspecified atom stereocenters. The standard InChI is InChI=1S/C6H13NO.C6H11NO.C6H13N.C6H11N.C5H11NO.C5H11NS.5CH4/c2*1-5-3-6(8)4-7(5)2;2*1-6-4-3-5-7(6)2;2*1-5-3-7-4-6(5)2;;;;;/h5-6,8H,3-4H2,1-2H3;5H,3-4H2,1-2H3;6H,3-5H2,1-2H3;3-4,6H,5H2,1-2H3;2*5H,3-4H2,1-2H3;5*1H4. The lowest BCUT2D eigenvalue weighted by Crippen LogP contribution is -2.22. The topological polar surface area (TPSA) is 66.0 Å². The fraction of sp³-hybridized carbons (Fsp3) is 0.923. The molecule has 5 fully saturated rings. The lowest BCUT2D eigenvalue weighted by atomic mass is 10.2. The number of ether oxygens (including phenoxy) is 1. The zero-order chi connectivity index (χ0) is 33.4. The summed E-state index contributed by atoms with van der Waals surface area (Å²) >= 11 is 2.02. The number of aliphatic hydroxyl groups is 1. The smallest absolute Gasteiger partial charge is 0.148 e. The average Bonchev–Trinajstić information content (AvgIpc) is 3.81. The molecule has 6 aliphatic rings. The van der Waals surface area contributed by atoms with Crippen molar-refractivity contribution in [1.82, 2.24) is 29.4 Å². The van der Waals surface area contributed by atoms with Crippen LogP contribution < -0.4 is 0 Å². The minimum absolute atomic E-state index is 0. The molecule has 0 bridgehead atoms. The summed E-state index contributed by atoms with van der Waals surface area (Å²) in [7, 11) is 12.6. The van der Waals surface area contributed by atoms with E-state index in [9.17, 15) is 4.79 Å². The molecule has 0 aromatic rings. The fourth-order valence-electron chi connectivity index (χ4n) is 5.20. The minimum atomic E-state index is -0.0741. The molecule has 0 saturated carbocycles. The molecular formula is C39H90N6O3S. The van der Waals surface area contributed by atoms with Crippen LogP contribution in [-0.4, -0.2) is 176 Å². The lowest BCUT2D eigenvalue weighted by molar-refractivity contribution is -0.116. The number of Topliss-reactive ketones (excluding diaryl/α,β-unsaturated/α-hetero) is 1. The van der Waals surface area contributed by atoms with Gasteiger partial charge in [-0.05, 0) is 110 Å². The average molecular weight is 723 g/mol. The van der Waals surface area contributed by atoms with Crippen molar-refractivity contribution in [2.24, 2.45) is 0 Å². The van der Waals surface area contributed by atoms with E-state index in [1.807, 2.05) is 25.9 Å². The molecule has 49 heavy (non-hydrogen) atoms. The van der Waals surface area contributed by atoms with Gasteiger partial charge in [-0.2, -0.15) is 0 Å². The minimum Gasteiger partial charge on any atom is -0.392 e. The molecular weight excluding hydrogens is 633 g/mol. The van der Waals surface area contributed by atoms with E-state index in [1.165, 1.54) is 31.0 Å². The summed E-state index contributed by atoms with van der Waals surface area (Å²) in [6, 6.07) is 4.00. The molecule has 6 heterocycles. The van der Waals surface area contributed by atoms with Gasteiger partial charge in [-0.15, -0.1) is 11.8 Å². The Hall–Kier alpha value is -0.560. The van der Waals surface area contributed by atoms with Gasteiger partial charge < -0.3 is 19.6 Å². The van der Waals surface area contributed by atoms with Crippen LogP contribution in [0.2, 0.25) is 0 Å². The van der Waals surface area contributed by atoms with Gasteiger partial charge in [-0.1, -0.05) is 49.3 Å². The Bertz CT molecular complexity index is 720. The summed E-state index contributed by atoms with van der Waals surface area (Å²) in [5.41, 5.74) is 0. The van der Waals surface area contributed by atoms with Crippen LogP contribution in [0.4, 0.5) is 0 Å². The van der Waals surface area contributed by atoms with Crippen molar-refractivity contribution in [3.8, 4) is 0 Å². The van der Waals surface area contributed by atoms with Gasteiger partial charge in [0, 0.05) is 67.4 Å². The van der Waals surface area contributed by atoms with Crippen molar-refractivity contribution < 1.29 is 14.6 Å². The highest BCUT2D eigenvalue weighted by atomic mass is 32.2. The van der Waals surface area contributed by atoms with Gasteiger partial charge >= 0.3 is 0 Å². The van der Waals surface area contributed by atoms with Crippen LogP contribution in [0.5, 0.6) is 0 Å². The molecule has 10 heteroatoms. The van der Waals surface area contributed by atoms with Gasteiger partial charge in [-0.3, -0.25) is 24.4 Å². The van der Waals surface area contributed by atoms with Crippen LogP contribution in [0.15, 0.2) is 12.2 Å². The Kier molecular flexibility index (Phi) is 36.6. The molecule has 0 radical (unpaired) electrons. The predicted molar refractivity (Wildman–Crippen MR) is 223 cm³/mol. The normalized spacial score (nSPS) is 31.1. The maximum atomic E-state index is 10.6. The third kappa shape index (κ3) is 24.3. The van der Waals surface area contributed by atoms with Crippen LogP contribution >= 0.6 is 11.8 Å². The number of likely N-dealkylation sites (tertiary alicyclic amines) is 3. The highest BCUT2D eigenvalue weighted by Crippen LogP contribution is 2.17. The van der Waals surface area contributed by atoms with Gasteiger partial charge in [-0.25, -0.2) is 0 Å². The zero-order valence-electron chi connectivity index (χ0n) is 30.5. The highest BCUT2D eigenvalue weighted by molar-refractivity contribution is 7.99. The molecule has 0 amide bonds. The summed E-state index contributed by atoms with van der Waals surface area (Å²) in [5.74, 6) is 2.91. The van der Waals surface area contributed by atoms with Gasteiger partial charge in [0.2, 0.25) is 0 Å². The molecule has 1 N–H and O–H groups in total. The van der Waals surface area contributed by atoms with Crippen molar-refractivity contribution in [3.63, 3.8) is 0 Å². The summed E-state index contributed by atoms with van der Waals surface area (Å²) in [5, 5.41) is 9.03. The Morgan fingerprint density at radius 2 is 1.35 bits per heavy atom. The molecule has 0 aliphatic carbocycles. The van der Waals surface area contributed by atoms with Crippen LogP contribution in [0.1, 0.15) is 104 Å². The second-order valence-corrected chi connectivity index (χ2v) is 15.0. The number of hydrogen-bond acceptors (Lipinski definition) is 10. The monoisotopic (exact) mass is 723 g/mol. The third-order valence-electron chi connectivity index (χ3n) is 9.77. The molecule has 9 nitrogen and oxygen atoms in total. The summed E-state index contributed by atoms with van der Waals surface area (Å²) in [6.45, 7) is 18.8. The van der Waals surface area contributed by atoms with Gasteiger partial charge in [0.15, 0.2) is 0 Å². The van der Waals surface area contributed by atoms with Crippen molar-refractivity contribution >= 4 is 17.5 Å². The maximum absolute atomic E-state index is 10.6. The van der Waals surface area contributed by atoms with Crippen molar-refractivity contribution in [2.45, 2.75) is 147 Å². The number of hydrogen-bond donors (Lipinski definition) is 1. The second-order valence-electron chi connectivity index (χ2n) is 14.0. The second kappa shape index (κ2) is 31.0. The Morgan fingerprint density at radius 1 is 0.735 bits per heavy atom. The molecule has 5 saturated heterocycles. The van der Waals surface area contributed by atoms with E-state index in [-0.39, 0.29) is 43.2 Å². The molecule has 7 atom stereocenters. The highest BCUT2D eigenvalue weighted by Gasteiger charge is 2.24.